The number of nitrogens with zero attached hydrogens (tertiary/aromatic N) is 1. The molecule has 1 unspecified atom stereocenters. The SMILES string of the molecule is CC(CCc1ccco1)NC(=O)C1CCN(S(=O)(=O)c2ccc3c(c2)OCCCO3)CC1. The molecule has 1 aromatic carbocycles. The standard InChI is InChI=1S/C23H30N2O6S/c1-17(5-6-19-4-2-13-29-19)24-23(26)18-9-11-25(12-10-18)32(27,28)20-7-8-21-22(16-20)31-15-3-14-30-21/h2,4,7-8,13,16-18H,3,5-6,9-12,14-15H2,1H3,(H,24,26). The van der Waals surface area contributed by atoms with Crippen LogP contribution >= 0.6 is 0 Å². The van der Waals surface area contributed by atoms with E-state index in [1.54, 1.807) is 18.4 Å². The van der Waals surface area contributed by atoms with Crippen LogP contribution in [0.5, 0.6) is 11.5 Å². The van der Waals surface area contributed by atoms with Gasteiger partial charge in [-0.25, -0.2) is 8.42 Å². The number of nitrogens with one attached hydrogen (secondary N) is 1. The second kappa shape index (κ2) is 9.95. The predicted molar refractivity (Wildman–Crippen MR) is 118 cm³/mol. The highest BCUT2D eigenvalue weighted by atomic mass is 32.2. The van der Waals surface area contributed by atoms with Crippen molar-refractivity contribution in [3.63, 3.8) is 0 Å². The first-order valence-electron chi connectivity index (χ1n) is 11.2. The van der Waals surface area contributed by atoms with Crippen LogP contribution in [0.3, 0.4) is 0 Å². The first-order chi connectivity index (χ1) is 15.4. The molecule has 0 radical (unpaired) electrons. The highest BCUT2D eigenvalue weighted by Crippen LogP contribution is 2.33. The first-order valence-corrected chi connectivity index (χ1v) is 12.6. The molecule has 1 fully saturated rings. The molecule has 2 aromatic rings. The first kappa shape index (κ1) is 22.7. The van der Waals surface area contributed by atoms with E-state index in [0.29, 0.717) is 50.6 Å². The summed E-state index contributed by atoms with van der Waals surface area (Å²) in [5.74, 6) is 1.74. The number of rotatable bonds is 7. The summed E-state index contributed by atoms with van der Waals surface area (Å²) in [6.07, 6.45) is 4.96. The number of hydrogen-bond donors (Lipinski definition) is 1. The van der Waals surface area contributed by atoms with Crippen molar-refractivity contribution < 1.29 is 27.1 Å². The van der Waals surface area contributed by atoms with Crippen molar-refractivity contribution in [2.45, 2.75) is 50.0 Å². The fourth-order valence-electron chi connectivity index (χ4n) is 4.06. The van der Waals surface area contributed by atoms with Crippen molar-refractivity contribution >= 4 is 15.9 Å². The fraction of sp³-hybridized carbons (Fsp3) is 0.522. The van der Waals surface area contributed by atoms with Gasteiger partial charge in [0.15, 0.2) is 11.5 Å². The van der Waals surface area contributed by atoms with Gasteiger partial charge in [0.05, 0.1) is 24.4 Å². The lowest BCUT2D eigenvalue weighted by Crippen LogP contribution is -2.44. The zero-order chi connectivity index (χ0) is 22.6. The van der Waals surface area contributed by atoms with E-state index in [-0.39, 0.29) is 22.8 Å². The van der Waals surface area contributed by atoms with E-state index in [1.165, 1.54) is 10.4 Å². The molecular weight excluding hydrogens is 432 g/mol. The molecule has 1 saturated heterocycles. The normalized spacial score (nSPS) is 18.7. The summed E-state index contributed by atoms with van der Waals surface area (Å²) in [7, 11) is -3.66. The quantitative estimate of drug-likeness (QED) is 0.679. The van der Waals surface area contributed by atoms with Crippen LogP contribution in [-0.4, -0.2) is 51.0 Å². The number of piperidine rings is 1. The maximum absolute atomic E-state index is 13.1. The van der Waals surface area contributed by atoms with Gasteiger partial charge in [-0.15, -0.1) is 0 Å². The molecule has 2 aliphatic heterocycles. The summed E-state index contributed by atoms with van der Waals surface area (Å²) in [6.45, 7) is 3.66. The van der Waals surface area contributed by atoms with E-state index in [1.807, 2.05) is 19.1 Å². The van der Waals surface area contributed by atoms with E-state index in [2.05, 4.69) is 5.32 Å². The number of benzene rings is 1. The largest absolute Gasteiger partial charge is 0.490 e. The van der Waals surface area contributed by atoms with E-state index in [9.17, 15) is 13.2 Å². The fourth-order valence-corrected chi connectivity index (χ4v) is 5.54. The maximum Gasteiger partial charge on any atom is 0.243 e. The van der Waals surface area contributed by atoms with Crippen LogP contribution in [0.4, 0.5) is 0 Å². The molecule has 1 amide bonds. The molecule has 1 atom stereocenters. The number of hydrogen-bond acceptors (Lipinski definition) is 6. The lowest BCUT2D eigenvalue weighted by molar-refractivity contribution is -0.126. The third-order valence-electron chi connectivity index (χ3n) is 5.97. The summed E-state index contributed by atoms with van der Waals surface area (Å²) < 4.78 is 44.3. The van der Waals surface area contributed by atoms with Crippen LogP contribution in [-0.2, 0) is 21.2 Å². The molecule has 0 saturated carbocycles. The van der Waals surface area contributed by atoms with Crippen molar-refractivity contribution in [2.75, 3.05) is 26.3 Å². The number of carbonyl (C=O) groups excluding carboxylic acids is 1. The Kier molecular flexibility index (Phi) is 7.05. The molecule has 1 aromatic heterocycles. The number of carbonyl (C=O) groups is 1. The Hall–Kier alpha value is -2.52. The van der Waals surface area contributed by atoms with Crippen molar-refractivity contribution in [1.82, 2.24) is 9.62 Å². The average Bonchev–Trinajstić information content (AvgIpc) is 3.21. The number of furan rings is 1. The second-order valence-electron chi connectivity index (χ2n) is 8.37. The lowest BCUT2D eigenvalue weighted by Gasteiger charge is -2.31. The van der Waals surface area contributed by atoms with E-state index < -0.39 is 10.0 Å². The lowest BCUT2D eigenvalue weighted by atomic mass is 9.96. The number of aryl methyl sites for hydroxylation is 1. The van der Waals surface area contributed by atoms with Crippen LogP contribution in [0.15, 0.2) is 45.9 Å². The van der Waals surface area contributed by atoms with Crippen molar-refractivity contribution in [3.05, 3.63) is 42.4 Å². The monoisotopic (exact) mass is 462 g/mol. The number of ether oxygens (including phenoxy) is 2. The van der Waals surface area contributed by atoms with E-state index in [4.69, 9.17) is 13.9 Å². The smallest absolute Gasteiger partial charge is 0.243 e. The zero-order valence-corrected chi connectivity index (χ0v) is 19.1. The Labute approximate surface area is 188 Å². The molecular formula is C23H30N2O6S. The summed E-state index contributed by atoms with van der Waals surface area (Å²) in [5, 5.41) is 3.06. The molecule has 4 rings (SSSR count). The van der Waals surface area contributed by atoms with E-state index >= 15 is 0 Å². The summed E-state index contributed by atoms with van der Waals surface area (Å²) in [6, 6.07) is 8.55. The molecule has 1 N–H and O–H groups in total. The minimum absolute atomic E-state index is 0.00966. The molecule has 3 heterocycles. The summed E-state index contributed by atoms with van der Waals surface area (Å²) in [5.41, 5.74) is 0. The summed E-state index contributed by atoms with van der Waals surface area (Å²) >= 11 is 0. The number of amides is 1. The van der Waals surface area contributed by atoms with Gasteiger partial charge in [0.1, 0.15) is 5.76 Å². The highest BCUT2D eigenvalue weighted by Gasteiger charge is 2.33. The zero-order valence-electron chi connectivity index (χ0n) is 18.3. The van der Waals surface area contributed by atoms with Gasteiger partial charge >= 0.3 is 0 Å². The topological polar surface area (TPSA) is 98.1 Å². The van der Waals surface area contributed by atoms with Gasteiger partial charge in [-0.2, -0.15) is 4.31 Å². The predicted octanol–water partition coefficient (Wildman–Crippen LogP) is 2.98. The molecule has 9 heteroatoms. The van der Waals surface area contributed by atoms with Gasteiger partial charge in [-0.3, -0.25) is 4.79 Å². The average molecular weight is 463 g/mol. The third kappa shape index (κ3) is 5.27. The van der Waals surface area contributed by atoms with Crippen molar-refractivity contribution in [3.8, 4) is 11.5 Å². The maximum atomic E-state index is 13.1. The Morgan fingerprint density at radius 2 is 1.91 bits per heavy atom. The van der Waals surface area contributed by atoms with Crippen LogP contribution in [0.2, 0.25) is 0 Å². The molecule has 0 bridgehead atoms. The van der Waals surface area contributed by atoms with E-state index in [0.717, 1.165) is 25.0 Å². The van der Waals surface area contributed by atoms with Gasteiger partial charge in [0, 0.05) is 44.0 Å². The molecule has 0 spiro atoms. The van der Waals surface area contributed by atoms with Crippen LogP contribution in [0.25, 0.3) is 0 Å². The van der Waals surface area contributed by atoms with Gasteiger partial charge < -0.3 is 19.2 Å². The highest BCUT2D eigenvalue weighted by molar-refractivity contribution is 7.89. The van der Waals surface area contributed by atoms with Gasteiger partial charge in [0.25, 0.3) is 0 Å². The Balaban J connectivity index is 1.30. The van der Waals surface area contributed by atoms with Gasteiger partial charge in [0.2, 0.25) is 15.9 Å². The van der Waals surface area contributed by atoms with Crippen molar-refractivity contribution in [2.24, 2.45) is 5.92 Å². The molecule has 32 heavy (non-hydrogen) atoms. The molecule has 174 valence electrons. The Bertz CT molecular complexity index is 1010. The van der Waals surface area contributed by atoms with Gasteiger partial charge in [-0.1, -0.05) is 0 Å². The van der Waals surface area contributed by atoms with Crippen molar-refractivity contribution in [1.29, 1.82) is 0 Å². The second-order valence-corrected chi connectivity index (χ2v) is 10.3. The third-order valence-corrected chi connectivity index (χ3v) is 7.87. The minimum Gasteiger partial charge on any atom is -0.490 e. The minimum atomic E-state index is -3.66. The Morgan fingerprint density at radius 3 is 2.62 bits per heavy atom. The Morgan fingerprint density at radius 1 is 1.16 bits per heavy atom. The van der Waals surface area contributed by atoms with Gasteiger partial charge in [-0.05, 0) is 50.5 Å². The van der Waals surface area contributed by atoms with Crippen LogP contribution in [0, 0.1) is 5.92 Å². The van der Waals surface area contributed by atoms with Crippen LogP contribution in [0.1, 0.15) is 38.4 Å². The number of sulfonamides is 1. The number of fused-ring (bicyclic) bond motifs is 1. The summed E-state index contributed by atoms with van der Waals surface area (Å²) in [4.78, 5) is 12.8. The molecule has 2 aliphatic rings. The molecule has 8 nitrogen and oxygen atoms in total. The molecule has 0 aliphatic carbocycles. The van der Waals surface area contributed by atoms with Crippen LogP contribution < -0.4 is 14.8 Å².